The van der Waals surface area contributed by atoms with Crippen LogP contribution in [0, 0.1) is 13.8 Å². The predicted octanol–water partition coefficient (Wildman–Crippen LogP) is 2.92. The lowest BCUT2D eigenvalue weighted by atomic mass is 9.99. The molecule has 3 heteroatoms. The second-order valence-electron chi connectivity index (χ2n) is 4.03. The number of methoxy groups -OCH3 is 1. The Morgan fingerprint density at radius 2 is 1.94 bits per heavy atom. The number of hydrogen-bond acceptors (Lipinski definition) is 3. The van der Waals surface area contributed by atoms with Crippen LogP contribution in [-0.2, 0) is 4.74 Å². The third-order valence-electron chi connectivity index (χ3n) is 2.66. The van der Waals surface area contributed by atoms with Gasteiger partial charge in [-0.3, -0.25) is 4.79 Å². The molecule has 0 bridgehead atoms. The summed E-state index contributed by atoms with van der Waals surface area (Å²) in [6.07, 6.45) is 0.421. The van der Waals surface area contributed by atoms with E-state index in [1.807, 2.05) is 32.9 Å². The highest BCUT2D eigenvalue weighted by Gasteiger charge is 2.12. The molecule has 0 amide bonds. The summed E-state index contributed by atoms with van der Waals surface area (Å²) in [4.78, 5) is 11.9. The minimum Gasteiger partial charge on any atom is -0.494 e. The molecule has 0 N–H and O–H groups in total. The van der Waals surface area contributed by atoms with E-state index in [0.29, 0.717) is 19.6 Å². The second-order valence-corrected chi connectivity index (χ2v) is 4.03. The minimum atomic E-state index is 0.121. The van der Waals surface area contributed by atoms with Crippen LogP contribution in [0.1, 0.15) is 34.8 Å². The molecule has 0 aliphatic rings. The van der Waals surface area contributed by atoms with E-state index in [4.69, 9.17) is 9.47 Å². The van der Waals surface area contributed by atoms with Gasteiger partial charge in [0.05, 0.1) is 13.2 Å². The van der Waals surface area contributed by atoms with Crippen molar-refractivity contribution in [1.82, 2.24) is 0 Å². The average Bonchev–Trinajstić information content (AvgIpc) is 2.30. The van der Waals surface area contributed by atoms with Gasteiger partial charge in [-0.25, -0.2) is 0 Å². The first-order chi connectivity index (χ1) is 8.10. The minimum absolute atomic E-state index is 0.121. The van der Waals surface area contributed by atoms with Crippen molar-refractivity contribution in [3.8, 4) is 5.75 Å². The van der Waals surface area contributed by atoms with Crippen molar-refractivity contribution in [2.75, 3.05) is 20.3 Å². The number of benzene rings is 1. The summed E-state index contributed by atoms with van der Waals surface area (Å²) in [5.41, 5.74) is 2.72. The molecule has 0 radical (unpaired) electrons. The molecule has 0 saturated carbocycles. The molecule has 1 rings (SSSR count). The monoisotopic (exact) mass is 236 g/mol. The van der Waals surface area contributed by atoms with E-state index in [1.54, 1.807) is 7.11 Å². The molecule has 0 fully saturated rings. The van der Waals surface area contributed by atoms with E-state index in [9.17, 15) is 4.79 Å². The fourth-order valence-electron chi connectivity index (χ4n) is 1.73. The standard InChI is InChI=1S/C14H20O3/c1-5-17-14-9-10(2)12(8-11(14)3)13(15)6-7-16-4/h8-9H,5-7H2,1-4H3. The van der Waals surface area contributed by atoms with E-state index in [2.05, 4.69) is 0 Å². The van der Waals surface area contributed by atoms with Gasteiger partial charge in [0.1, 0.15) is 5.75 Å². The van der Waals surface area contributed by atoms with Gasteiger partial charge in [-0.05, 0) is 44.0 Å². The van der Waals surface area contributed by atoms with E-state index >= 15 is 0 Å². The molecule has 3 nitrogen and oxygen atoms in total. The number of carbonyl (C=O) groups excluding carboxylic acids is 1. The van der Waals surface area contributed by atoms with E-state index in [-0.39, 0.29) is 5.78 Å². The first-order valence-electron chi connectivity index (χ1n) is 5.86. The van der Waals surface area contributed by atoms with Gasteiger partial charge in [0.25, 0.3) is 0 Å². The average molecular weight is 236 g/mol. The zero-order chi connectivity index (χ0) is 12.8. The van der Waals surface area contributed by atoms with Crippen LogP contribution < -0.4 is 4.74 Å². The normalized spacial score (nSPS) is 10.4. The lowest BCUT2D eigenvalue weighted by molar-refractivity contribution is 0.0931. The number of hydrogen-bond donors (Lipinski definition) is 0. The SMILES string of the molecule is CCOc1cc(C)c(C(=O)CCOC)cc1C. The van der Waals surface area contributed by atoms with E-state index < -0.39 is 0 Å². The van der Waals surface area contributed by atoms with Gasteiger partial charge in [-0.2, -0.15) is 0 Å². The second kappa shape index (κ2) is 6.40. The Morgan fingerprint density at radius 3 is 2.53 bits per heavy atom. The number of rotatable bonds is 6. The summed E-state index contributed by atoms with van der Waals surface area (Å²) < 4.78 is 10.4. The van der Waals surface area contributed by atoms with Crippen LogP contribution in [0.15, 0.2) is 12.1 Å². The van der Waals surface area contributed by atoms with E-state index in [0.717, 1.165) is 22.4 Å². The molecule has 0 aliphatic carbocycles. The number of ketones is 1. The Kier molecular flexibility index (Phi) is 5.16. The zero-order valence-electron chi connectivity index (χ0n) is 11.0. The highest BCUT2D eigenvalue weighted by molar-refractivity contribution is 5.97. The van der Waals surface area contributed by atoms with Crippen molar-refractivity contribution in [2.24, 2.45) is 0 Å². The summed E-state index contributed by atoms with van der Waals surface area (Å²) in [5.74, 6) is 0.976. The highest BCUT2D eigenvalue weighted by atomic mass is 16.5. The number of aryl methyl sites for hydroxylation is 2. The molecule has 0 atom stereocenters. The van der Waals surface area contributed by atoms with Crippen molar-refractivity contribution in [1.29, 1.82) is 0 Å². The largest absolute Gasteiger partial charge is 0.494 e. The Balaban J connectivity index is 2.94. The van der Waals surface area contributed by atoms with Crippen molar-refractivity contribution < 1.29 is 14.3 Å². The molecule has 1 aromatic carbocycles. The van der Waals surface area contributed by atoms with Gasteiger partial charge in [0.15, 0.2) is 5.78 Å². The third-order valence-corrected chi connectivity index (χ3v) is 2.66. The quantitative estimate of drug-likeness (QED) is 0.712. The van der Waals surface area contributed by atoms with Crippen LogP contribution in [-0.4, -0.2) is 26.1 Å². The van der Waals surface area contributed by atoms with E-state index in [1.165, 1.54) is 0 Å². The first kappa shape index (κ1) is 13.7. The highest BCUT2D eigenvalue weighted by Crippen LogP contribution is 2.23. The van der Waals surface area contributed by atoms with Gasteiger partial charge in [0, 0.05) is 19.1 Å². The van der Waals surface area contributed by atoms with Crippen LogP contribution >= 0.6 is 0 Å². The number of carbonyl (C=O) groups is 1. The van der Waals surface area contributed by atoms with Gasteiger partial charge in [-0.15, -0.1) is 0 Å². The summed E-state index contributed by atoms with van der Waals surface area (Å²) in [6, 6.07) is 3.83. The molecule has 0 heterocycles. The maximum atomic E-state index is 11.9. The Bertz CT molecular complexity index is 397. The topological polar surface area (TPSA) is 35.5 Å². The molecule has 0 unspecified atom stereocenters. The zero-order valence-corrected chi connectivity index (χ0v) is 11.0. The fourth-order valence-corrected chi connectivity index (χ4v) is 1.73. The first-order valence-corrected chi connectivity index (χ1v) is 5.86. The predicted molar refractivity (Wildman–Crippen MR) is 67.9 cm³/mol. The van der Waals surface area contributed by atoms with Gasteiger partial charge in [0.2, 0.25) is 0 Å². The van der Waals surface area contributed by atoms with Gasteiger partial charge in [-0.1, -0.05) is 0 Å². The molecule has 17 heavy (non-hydrogen) atoms. The van der Waals surface area contributed by atoms with Crippen LogP contribution in [0.3, 0.4) is 0 Å². The molecule has 0 aromatic heterocycles. The Hall–Kier alpha value is -1.35. The van der Waals surface area contributed by atoms with Crippen molar-refractivity contribution in [3.05, 3.63) is 28.8 Å². The lowest BCUT2D eigenvalue weighted by Crippen LogP contribution is -2.06. The summed E-state index contributed by atoms with van der Waals surface area (Å²) >= 11 is 0. The fraction of sp³-hybridized carbons (Fsp3) is 0.500. The maximum Gasteiger partial charge on any atom is 0.165 e. The van der Waals surface area contributed by atoms with Gasteiger partial charge >= 0.3 is 0 Å². The summed E-state index contributed by atoms with van der Waals surface area (Å²) in [5, 5.41) is 0. The Labute approximate surface area is 103 Å². The molecule has 0 spiro atoms. The van der Waals surface area contributed by atoms with Crippen molar-refractivity contribution >= 4 is 5.78 Å². The molecule has 94 valence electrons. The maximum absolute atomic E-state index is 11.9. The molecular formula is C14H20O3. The Morgan fingerprint density at radius 1 is 1.24 bits per heavy atom. The smallest absolute Gasteiger partial charge is 0.165 e. The summed E-state index contributed by atoms with van der Waals surface area (Å²) in [7, 11) is 1.60. The van der Waals surface area contributed by atoms with Crippen LogP contribution in [0.5, 0.6) is 5.75 Å². The van der Waals surface area contributed by atoms with Crippen molar-refractivity contribution in [2.45, 2.75) is 27.2 Å². The van der Waals surface area contributed by atoms with Crippen LogP contribution in [0.2, 0.25) is 0 Å². The molecular weight excluding hydrogens is 216 g/mol. The van der Waals surface area contributed by atoms with Crippen molar-refractivity contribution in [3.63, 3.8) is 0 Å². The third kappa shape index (κ3) is 3.56. The van der Waals surface area contributed by atoms with Gasteiger partial charge < -0.3 is 9.47 Å². The lowest BCUT2D eigenvalue weighted by Gasteiger charge is -2.11. The van der Waals surface area contributed by atoms with Crippen LogP contribution in [0.25, 0.3) is 0 Å². The number of Topliss-reactive ketones (excluding diaryl/α,β-unsaturated/α-hetero) is 1. The molecule has 1 aromatic rings. The number of ether oxygens (including phenoxy) is 2. The van der Waals surface area contributed by atoms with Crippen LogP contribution in [0.4, 0.5) is 0 Å². The summed E-state index contributed by atoms with van der Waals surface area (Å²) in [6.45, 7) is 6.94. The molecule has 0 aliphatic heterocycles. The molecule has 0 saturated heterocycles.